The summed E-state index contributed by atoms with van der Waals surface area (Å²) in [6.07, 6.45) is 2.98. The third-order valence-electron chi connectivity index (χ3n) is 5.90. The van der Waals surface area contributed by atoms with Gasteiger partial charge in [-0.3, -0.25) is 9.36 Å². The second-order valence-corrected chi connectivity index (χ2v) is 10.2. The highest BCUT2D eigenvalue weighted by Gasteiger charge is 2.26. The van der Waals surface area contributed by atoms with Gasteiger partial charge in [0.2, 0.25) is 0 Å². The first-order chi connectivity index (χ1) is 15.3. The molecule has 0 fully saturated rings. The normalized spacial score (nSPS) is 15.5. The van der Waals surface area contributed by atoms with Crippen LogP contribution >= 0.6 is 8.03 Å². The first-order valence-electron chi connectivity index (χ1n) is 11.3. The molecule has 8 heteroatoms. The molecule has 32 heavy (non-hydrogen) atoms. The number of fused-ring (bicyclic) bond motifs is 1. The summed E-state index contributed by atoms with van der Waals surface area (Å²) >= 11 is 0. The van der Waals surface area contributed by atoms with Crippen LogP contribution in [-0.2, 0) is 33.3 Å². The van der Waals surface area contributed by atoms with Gasteiger partial charge in [0, 0.05) is 18.4 Å². The first kappa shape index (κ1) is 24.7. The van der Waals surface area contributed by atoms with Crippen molar-refractivity contribution in [2.75, 3.05) is 12.8 Å². The summed E-state index contributed by atoms with van der Waals surface area (Å²) in [6.45, 7) is 5.62. The molecule has 2 N–H and O–H groups in total. The summed E-state index contributed by atoms with van der Waals surface area (Å²) in [7, 11) is -2.49. The maximum atomic E-state index is 13.6. The Hall–Kier alpha value is -1.95. The van der Waals surface area contributed by atoms with Gasteiger partial charge in [-0.1, -0.05) is 13.8 Å². The number of carboxylic acid groups (broad SMARTS) is 1. The fraction of sp³-hybridized carbons (Fsp3) is 0.542. The topological polar surface area (TPSA) is 88.8 Å². The summed E-state index contributed by atoms with van der Waals surface area (Å²) < 4.78 is 33.4. The molecule has 0 amide bonds. The van der Waals surface area contributed by atoms with Crippen molar-refractivity contribution in [3.8, 4) is 11.3 Å². The number of nitrogens with zero attached hydrogens (tertiary/aromatic N) is 1. The average Bonchev–Trinajstić information content (AvgIpc) is 3.05. The number of aliphatic hydroxyl groups excluding tert-OH is 1. The molecule has 1 aromatic heterocycles. The molecule has 0 spiro atoms. The quantitative estimate of drug-likeness (QED) is 0.360. The van der Waals surface area contributed by atoms with Gasteiger partial charge in [0.05, 0.1) is 24.8 Å². The monoisotopic (exact) mass is 465 g/mol. The van der Waals surface area contributed by atoms with Gasteiger partial charge in [-0.05, 0) is 79.0 Å². The molecule has 2 heterocycles. The van der Waals surface area contributed by atoms with E-state index in [0.717, 1.165) is 43.5 Å². The third-order valence-corrected chi connectivity index (χ3v) is 7.24. The van der Waals surface area contributed by atoms with Crippen LogP contribution in [0.5, 0.6) is 0 Å². The molecule has 0 saturated heterocycles. The lowest BCUT2D eigenvalue weighted by Crippen LogP contribution is -2.15. The van der Waals surface area contributed by atoms with Gasteiger partial charge in [-0.25, -0.2) is 4.39 Å². The van der Waals surface area contributed by atoms with Gasteiger partial charge >= 0.3 is 5.97 Å². The standard InChI is InChI=1S/C24H33FNO5P/c1-16(2)23-20(6-5-13-31-32(30)15-19(27)14-22(28)29)24(17-8-10-18(25)11-9-17)26-12-4-3-7-21(23)26/h8-11,16,19,27,32H,3-7,12-15H2,1-2H3,(H,28,29). The second-order valence-electron chi connectivity index (χ2n) is 8.74. The van der Waals surface area contributed by atoms with E-state index in [9.17, 15) is 18.9 Å². The molecule has 2 atom stereocenters. The van der Waals surface area contributed by atoms with Crippen molar-refractivity contribution in [3.05, 3.63) is 46.9 Å². The van der Waals surface area contributed by atoms with Crippen molar-refractivity contribution < 1.29 is 28.5 Å². The maximum absolute atomic E-state index is 13.6. The zero-order valence-electron chi connectivity index (χ0n) is 18.8. The van der Waals surface area contributed by atoms with Crippen LogP contribution in [0.25, 0.3) is 11.3 Å². The molecule has 6 nitrogen and oxygen atoms in total. The van der Waals surface area contributed by atoms with Gasteiger partial charge < -0.3 is 19.3 Å². The molecule has 3 rings (SSSR count). The molecular formula is C24H33FNO5P. The van der Waals surface area contributed by atoms with Crippen molar-refractivity contribution in [1.82, 2.24) is 4.57 Å². The lowest BCUT2D eigenvalue weighted by Gasteiger charge is -2.20. The molecule has 1 aromatic carbocycles. The number of hydrogen-bond acceptors (Lipinski definition) is 4. The number of halogens is 1. The number of carbonyl (C=O) groups is 1. The SMILES string of the molecule is CC(C)c1c(CCCO[PH](=O)CC(O)CC(=O)O)c(-c2ccc(F)cc2)n2c1CCCC2. The predicted molar refractivity (Wildman–Crippen MR) is 123 cm³/mol. The van der Waals surface area contributed by atoms with Crippen LogP contribution in [0.1, 0.15) is 62.3 Å². The average molecular weight is 466 g/mol. The highest BCUT2D eigenvalue weighted by Crippen LogP contribution is 2.39. The Morgan fingerprint density at radius 2 is 1.97 bits per heavy atom. The maximum Gasteiger partial charge on any atom is 0.305 e. The zero-order chi connectivity index (χ0) is 23.3. The summed E-state index contributed by atoms with van der Waals surface area (Å²) in [5.74, 6) is -1.03. The Bertz CT molecular complexity index is 954. The van der Waals surface area contributed by atoms with E-state index < -0.39 is 26.5 Å². The highest BCUT2D eigenvalue weighted by atomic mass is 31.1. The van der Waals surface area contributed by atoms with Crippen molar-refractivity contribution in [3.63, 3.8) is 0 Å². The Kier molecular flexibility index (Phi) is 8.69. The van der Waals surface area contributed by atoms with Gasteiger partial charge in [0.1, 0.15) is 5.82 Å². The van der Waals surface area contributed by atoms with E-state index in [4.69, 9.17) is 9.63 Å². The van der Waals surface area contributed by atoms with E-state index in [1.807, 2.05) is 12.1 Å². The van der Waals surface area contributed by atoms with Gasteiger partial charge in [-0.15, -0.1) is 0 Å². The summed E-state index contributed by atoms with van der Waals surface area (Å²) in [5, 5.41) is 18.3. The Balaban J connectivity index is 1.76. The van der Waals surface area contributed by atoms with E-state index in [-0.39, 0.29) is 18.6 Å². The number of aliphatic carboxylic acids is 1. The van der Waals surface area contributed by atoms with E-state index in [1.54, 1.807) is 0 Å². The van der Waals surface area contributed by atoms with E-state index in [1.165, 1.54) is 29.0 Å². The second kappa shape index (κ2) is 11.3. The van der Waals surface area contributed by atoms with Gasteiger partial charge in [0.15, 0.2) is 8.03 Å². The minimum Gasteiger partial charge on any atom is -0.481 e. The molecule has 0 bridgehead atoms. The number of aliphatic hydroxyl groups is 1. The third kappa shape index (κ3) is 6.09. The molecule has 0 radical (unpaired) electrons. The summed E-state index contributed by atoms with van der Waals surface area (Å²) in [6, 6.07) is 6.65. The van der Waals surface area contributed by atoms with Crippen LogP contribution in [0.3, 0.4) is 0 Å². The Labute approximate surface area is 189 Å². The summed E-state index contributed by atoms with van der Waals surface area (Å²) in [4.78, 5) is 10.6. The molecule has 176 valence electrons. The number of benzene rings is 1. The number of rotatable bonds is 11. The van der Waals surface area contributed by atoms with E-state index in [2.05, 4.69) is 18.4 Å². The lowest BCUT2D eigenvalue weighted by molar-refractivity contribution is -0.138. The predicted octanol–water partition coefficient (Wildman–Crippen LogP) is 5.01. The van der Waals surface area contributed by atoms with Gasteiger partial charge in [0.25, 0.3) is 0 Å². The van der Waals surface area contributed by atoms with Crippen LogP contribution in [0.2, 0.25) is 0 Å². The van der Waals surface area contributed by atoms with Crippen molar-refractivity contribution in [1.29, 1.82) is 0 Å². The smallest absolute Gasteiger partial charge is 0.305 e. The van der Waals surface area contributed by atoms with Crippen LogP contribution in [-0.4, -0.2) is 39.6 Å². The van der Waals surface area contributed by atoms with Crippen molar-refractivity contribution >= 4 is 14.0 Å². The fourth-order valence-electron chi connectivity index (χ4n) is 4.66. The van der Waals surface area contributed by atoms with Crippen LogP contribution in [0.15, 0.2) is 24.3 Å². The molecule has 1 aliphatic rings. The Morgan fingerprint density at radius 1 is 1.25 bits per heavy atom. The van der Waals surface area contributed by atoms with E-state index >= 15 is 0 Å². The highest BCUT2D eigenvalue weighted by molar-refractivity contribution is 7.39. The molecule has 0 aliphatic carbocycles. The Morgan fingerprint density at radius 3 is 2.62 bits per heavy atom. The van der Waals surface area contributed by atoms with Crippen LogP contribution in [0.4, 0.5) is 4.39 Å². The molecule has 1 aliphatic heterocycles. The fourth-order valence-corrected chi connectivity index (χ4v) is 5.68. The van der Waals surface area contributed by atoms with Crippen LogP contribution < -0.4 is 0 Å². The molecular weight excluding hydrogens is 432 g/mol. The number of carboxylic acids is 1. The zero-order valence-corrected chi connectivity index (χ0v) is 19.8. The minimum atomic E-state index is -2.49. The van der Waals surface area contributed by atoms with Crippen molar-refractivity contribution in [2.24, 2.45) is 0 Å². The minimum absolute atomic E-state index is 0.143. The number of hydrogen-bond donors (Lipinski definition) is 2. The summed E-state index contributed by atoms with van der Waals surface area (Å²) in [5.41, 5.74) is 6.12. The number of aromatic nitrogens is 1. The molecule has 0 saturated carbocycles. The first-order valence-corrected chi connectivity index (χ1v) is 12.9. The van der Waals surface area contributed by atoms with E-state index in [0.29, 0.717) is 12.3 Å². The van der Waals surface area contributed by atoms with Gasteiger partial charge in [-0.2, -0.15) is 0 Å². The molecule has 2 aromatic rings. The lowest BCUT2D eigenvalue weighted by atomic mass is 9.92. The van der Waals surface area contributed by atoms with Crippen molar-refractivity contribution in [2.45, 2.75) is 70.9 Å². The molecule has 2 unspecified atom stereocenters. The largest absolute Gasteiger partial charge is 0.481 e. The van der Waals surface area contributed by atoms with Crippen LogP contribution in [0, 0.1) is 5.82 Å².